The zero-order valence-electron chi connectivity index (χ0n) is 10.1. The minimum atomic E-state index is -4.45. The molecule has 0 unspecified atom stereocenters. The van der Waals surface area contributed by atoms with Gasteiger partial charge < -0.3 is 0 Å². The van der Waals surface area contributed by atoms with Gasteiger partial charge in [-0.1, -0.05) is 35.9 Å². The van der Waals surface area contributed by atoms with Gasteiger partial charge in [-0.25, -0.2) is 4.98 Å². The van der Waals surface area contributed by atoms with E-state index in [0.717, 1.165) is 10.9 Å². The fourth-order valence-corrected chi connectivity index (χ4v) is 2.28. The van der Waals surface area contributed by atoms with E-state index in [0.29, 0.717) is 10.9 Å². The normalized spacial score (nSPS) is 12.2. The highest BCUT2D eigenvalue weighted by atomic mass is 19.4. The van der Waals surface area contributed by atoms with E-state index < -0.39 is 11.9 Å². The molecule has 19 heavy (non-hydrogen) atoms. The summed E-state index contributed by atoms with van der Waals surface area (Å²) in [5.41, 5.74) is 0.339. The summed E-state index contributed by atoms with van der Waals surface area (Å²) >= 11 is 0. The lowest BCUT2D eigenvalue weighted by Crippen LogP contribution is -2.09. The van der Waals surface area contributed by atoms with Gasteiger partial charge in [0.05, 0.1) is 5.52 Å². The molecule has 0 bridgehead atoms. The number of nitrogens with zero attached hydrogens (tertiary/aromatic N) is 1. The number of fused-ring (bicyclic) bond motifs is 3. The van der Waals surface area contributed by atoms with Crippen LogP contribution in [0, 0.1) is 6.92 Å². The summed E-state index contributed by atoms with van der Waals surface area (Å²) in [6.07, 6.45) is -4.45. The van der Waals surface area contributed by atoms with Crippen LogP contribution in [0.1, 0.15) is 11.3 Å². The van der Waals surface area contributed by atoms with Crippen molar-refractivity contribution >= 4 is 21.7 Å². The Hall–Kier alpha value is -2.10. The molecular weight excluding hydrogens is 251 g/mol. The third-order valence-corrected chi connectivity index (χ3v) is 3.13. The Kier molecular flexibility index (Phi) is 2.49. The number of pyridine rings is 1. The number of halogens is 3. The summed E-state index contributed by atoms with van der Waals surface area (Å²) in [6.45, 7) is 1.77. The molecule has 0 saturated heterocycles. The van der Waals surface area contributed by atoms with Crippen LogP contribution in [0.5, 0.6) is 0 Å². The van der Waals surface area contributed by atoms with Crippen LogP contribution in [0.15, 0.2) is 42.5 Å². The maximum absolute atomic E-state index is 13.1. The zero-order chi connectivity index (χ0) is 13.6. The average Bonchev–Trinajstić information content (AvgIpc) is 2.36. The molecule has 0 amide bonds. The summed E-state index contributed by atoms with van der Waals surface area (Å²) < 4.78 is 39.3. The first-order valence-electron chi connectivity index (χ1n) is 5.83. The molecule has 0 radical (unpaired) electrons. The number of hydrogen-bond donors (Lipinski definition) is 0. The SMILES string of the molecule is Cc1ccc2c(c1)c(C(F)(F)F)nc1ccccc12. The monoisotopic (exact) mass is 261 g/mol. The van der Waals surface area contributed by atoms with Crippen molar-refractivity contribution < 1.29 is 13.2 Å². The number of rotatable bonds is 0. The van der Waals surface area contributed by atoms with Gasteiger partial charge in [0.1, 0.15) is 0 Å². The van der Waals surface area contributed by atoms with Crippen molar-refractivity contribution in [3.63, 3.8) is 0 Å². The third-order valence-electron chi connectivity index (χ3n) is 3.13. The quantitative estimate of drug-likeness (QED) is 0.534. The molecule has 0 atom stereocenters. The average molecular weight is 261 g/mol. The Morgan fingerprint density at radius 1 is 0.895 bits per heavy atom. The van der Waals surface area contributed by atoms with Gasteiger partial charge in [-0.15, -0.1) is 0 Å². The fraction of sp³-hybridized carbons (Fsp3) is 0.133. The Morgan fingerprint density at radius 3 is 2.37 bits per heavy atom. The summed E-state index contributed by atoms with van der Waals surface area (Å²) in [6, 6.07) is 12.0. The lowest BCUT2D eigenvalue weighted by atomic mass is 10.0. The second kappa shape index (κ2) is 3.95. The second-order valence-electron chi connectivity index (χ2n) is 4.52. The first-order valence-corrected chi connectivity index (χ1v) is 5.83. The predicted octanol–water partition coefficient (Wildman–Crippen LogP) is 4.72. The summed E-state index contributed by atoms with van der Waals surface area (Å²) in [7, 11) is 0. The highest BCUT2D eigenvalue weighted by molar-refractivity contribution is 6.06. The summed E-state index contributed by atoms with van der Waals surface area (Å²) in [5.74, 6) is 0. The highest BCUT2D eigenvalue weighted by Gasteiger charge is 2.35. The van der Waals surface area contributed by atoms with Crippen LogP contribution >= 0.6 is 0 Å². The first-order chi connectivity index (χ1) is 8.97. The number of para-hydroxylation sites is 1. The van der Waals surface area contributed by atoms with Crippen molar-refractivity contribution in [2.75, 3.05) is 0 Å². The van der Waals surface area contributed by atoms with E-state index in [1.807, 2.05) is 6.07 Å². The number of aromatic nitrogens is 1. The molecule has 4 heteroatoms. The molecule has 3 rings (SSSR count). The molecule has 0 aliphatic heterocycles. The standard InChI is InChI=1S/C15H10F3N/c1-9-6-7-10-11-4-2-3-5-13(11)19-14(12(10)8-9)15(16,17)18/h2-8H,1H3. The van der Waals surface area contributed by atoms with Crippen LogP contribution in [0.3, 0.4) is 0 Å². The minimum absolute atomic E-state index is 0.159. The summed E-state index contributed by atoms with van der Waals surface area (Å²) in [4.78, 5) is 3.79. The van der Waals surface area contributed by atoms with Crippen molar-refractivity contribution in [3.05, 3.63) is 53.7 Å². The second-order valence-corrected chi connectivity index (χ2v) is 4.52. The maximum atomic E-state index is 13.1. The van der Waals surface area contributed by atoms with Crippen molar-refractivity contribution in [2.24, 2.45) is 0 Å². The number of benzene rings is 2. The van der Waals surface area contributed by atoms with E-state index in [1.54, 1.807) is 37.3 Å². The Bertz CT molecular complexity index is 775. The van der Waals surface area contributed by atoms with Crippen molar-refractivity contribution in [2.45, 2.75) is 13.1 Å². The minimum Gasteiger partial charge on any atom is -0.243 e. The van der Waals surface area contributed by atoms with E-state index in [9.17, 15) is 13.2 Å². The Morgan fingerprint density at radius 2 is 1.63 bits per heavy atom. The lowest BCUT2D eigenvalue weighted by Gasteiger charge is -2.12. The van der Waals surface area contributed by atoms with E-state index in [-0.39, 0.29) is 5.39 Å². The van der Waals surface area contributed by atoms with Gasteiger partial charge in [0.15, 0.2) is 5.69 Å². The largest absolute Gasteiger partial charge is 0.433 e. The van der Waals surface area contributed by atoms with E-state index in [1.165, 1.54) is 6.07 Å². The van der Waals surface area contributed by atoms with Crippen molar-refractivity contribution in [1.29, 1.82) is 0 Å². The molecule has 2 aromatic carbocycles. The molecule has 0 aliphatic rings. The van der Waals surface area contributed by atoms with E-state index in [4.69, 9.17) is 0 Å². The van der Waals surface area contributed by atoms with E-state index >= 15 is 0 Å². The lowest BCUT2D eigenvalue weighted by molar-refractivity contribution is -0.139. The molecule has 0 fully saturated rings. The van der Waals surface area contributed by atoms with E-state index in [2.05, 4.69) is 4.98 Å². The molecule has 3 aromatic rings. The molecule has 1 aromatic heterocycles. The molecule has 96 valence electrons. The van der Waals surface area contributed by atoms with Gasteiger partial charge >= 0.3 is 6.18 Å². The number of aryl methyl sites for hydroxylation is 1. The molecular formula is C15H10F3N. The van der Waals surface area contributed by atoms with Gasteiger partial charge in [0.2, 0.25) is 0 Å². The number of alkyl halides is 3. The molecule has 0 spiro atoms. The zero-order valence-corrected chi connectivity index (χ0v) is 10.1. The molecule has 0 N–H and O–H groups in total. The highest BCUT2D eigenvalue weighted by Crippen LogP contribution is 2.36. The van der Waals surface area contributed by atoms with Gasteiger partial charge in [0.25, 0.3) is 0 Å². The first kappa shape index (κ1) is 12.0. The van der Waals surface area contributed by atoms with Gasteiger partial charge in [-0.2, -0.15) is 13.2 Å². The number of hydrogen-bond acceptors (Lipinski definition) is 1. The predicted molar refractivity (Wildman–Crippen MR) is 69.0 cm³/mol. The smallest absolute Gasteiger partial charge is 0.243 e. The molecule has 1 nitrogen and oxygen atoms in total. The van der Waals surface area contributed by atoms with Crippen molar-refractivity contribution in [1.82, 2.24) is 4.98 Å². The van der Waals surface area contributed by atoms with Crippen LogP contribution in [0.2, 0.25) is 0 Å². The van der Waals surface area contributed by atoms with Crippen LogP contribution in [0.4, 0.5) is 13.2 Å². The van der Waals surface area contributed by atoms with Gasteiger partial charge in [-0.3, -0.25) is 0 Å². The molecule has 0 aliphatic carbocycles. The summed E-state index contributed by atoms with van der Waals surface area (Å²) in [5, 5.41) is 1.49. The topological polar surface area (TPSA) is 12.9 Å². The Labute approximate surface area is 107 Å². The van der Waals surface area contributed by atoms with Gasteiger partial charge in [0, 0.05) is 10.8 Å². The fourth-order valence-electron chi connectivity index (χ4n) is 2.28. The van der Waals surface area contributed by atoms with Crippen LogP contribution < -0.4 is 0 Å². The molecule has 1 heterocycles. The molecule has 0 saturated carbocycles. The Balaban J connectivity index is 2.55. The van der Waals surface area contributed by atoms with Crippen LogP contribution in [-0.2, 0) is 6.18 Å². The van der Waals surface area contributed by atoms with Gasteiger partial charge in [-0.05, 0) is 24.4 Å². The third kappa shape index (κ3) is 1.93. The van der Waals surface area contributed by atoms with Crippen LogP contribution in [-0.4, -0.2) is 4.98 Å². The maximum Gasteiger partial charge on any atom is 0.433 e. The van der Waals surface area contributed by atoms with Crippen LogP contribution in [0.25, 0.3) is 21.7 Å². The van der Waals surface area contributed by atoms with Crippen molar-refractivity contribution in [3.8, 4) is 0 Å².